The Balaban J connectivity index is 2.53. The molecule has 0 spiro atoms. The van der Waals surface area contributed by atoms with Gasteiger partial charge in [0.25, 0.3) is 0 Å². The van der Waals surface area contributed by atoms with Crippen LogP contribution in [0.5, 0.6) is 0 Å². The molecule has 0 saturated carbocycles. The van der Waals surface area contributed by atoms with Gasteiger partial charge in [0.2, 0.25) is 0 Å². The molecule has 122 valence electrons. The van der Waals surface area contributed by atoms with Gasteiger partial charge in [0.15, 0.2) is 15.7 Å². The van der Waals surface area contributed by atoms with Crippen LogP contribution in [0, 0.1) is 0 Å². The summed E-state index contributed by atoms with van der Waals surface area (Å²) in [6.07, 6.45) is -1.12. The molecule has 0 fully saturated rings. The average Bonchev–Trinajstić information content (AvgIpc) is 2.44. The Kier molecular flexibility index (Phi) is 4.90. The van der Waals surface area contributed by atoms with E-state index in [-0.39, 0.29) is 11.4 Å². The van der Waals surface area contributed by atoms with Gasteiger partial charge in [-0.2, -0.15) is 13.2 Å². The van der Waals surface area contributed by atoms with E-state index >= 15 is 0 Å². The third kappa shape index (κ3) is 4.38. The fraction of sp³-hybridized carbons (Fsp3) is 0.143. The van der Waals surface area contributed by atoms with Crippen LogP contribution in [0.15, 0.2) is 50.9 Å². The van der Waals surface area contributed by atoms with E-state index in [4.69, 9.17) is 0 Å². The van der Waals surface area contributed by atoms with Gasteiger partial charge in [-0.05, 0) is 40.2 Å². The highest BCUT2D eigenvalue weighted by Gasteiger charge is 2.32. The third-order valence-electron chi connectivity index (χ3n) is 2.81. The largest absolute Gasteiger partial charge is 0.416 e. The van der Waals surface area contributed by atoms with Crippen LogP contribution in [0.2, 0.25) is 0 Å². The monoisotopic (exact) mass is 406 g/mol. The van der Waals surface area contributed by atoms with E-state index in [1.165, 1.54) is 12.4 Å². The fourth-order valence-electron chi connectivity index (χ4n) is 1.74. The zero-order valence-corrected chi connectivity index (χ0v) is 14.1. The number of sulfone groups is 1. The highest BCUT2D eigenvalue weighted by molar-refractivity contribution is 9.10. The molecule has 0 unspecified atom stereocenters. The quantitative estimate of drug-likeness (QED) is 0.723. The Morgan fingerprint density at radius 2 is 1.96 bits per heavy atom. The summed E-state index contributed by atoms with van der Waals surface area (Å²) in [4.78, 5) is 7.54. The number of nitrogens with zero attached hydrogens (tertiary/aromatic N) is 2. The van der Waals surface area contributed by atoms with Crippen molar-refractivity contribution in [2.24, 2.45) is 4.99 Å². The number of hydrogen-bond acceptors (Lipinski definition) is 4. The Hall–Kier alpha value is -1.74. The molecule has 0 aliphatic carbocycles. The highest BCUT2D eigenvalue weighted by atomic mass is 79.9. The number of aromatic nitrogens is 1. The highest BCUT2D eigenvalue weighted by Crippen LogP contribution is 2.32. The lowest BCUT2D eigenvalue weighted by atomic mass is 10.1. The molecule has 23 heavy (non-hydrogen) atoms. The van der Waals surface area contributed by atoms with Crippen molar-refractivity contribution in [2.45, 2.75) is 11.1 Å². The maximum Gasteiger partial charge on any atom is 0.416 e. The van der Waals surface area contributed by atoms with E-state index in [1.54, 1.807) is 12.1 Å². The number of rotatable bonds is 3. The molecule has 4 nitrogen and oxygen atoms in total. The van der Waals surface area contributed by atoms with Crippen LogP contribution in [0.1, 0.15) is 11.1 Å². The Labute approximate surface area is 139 Å². The van der Waals surface area contributed by atoms with Gasteiger partial charge in [-0.3, -0.25) is 0 Å². The second-order valence-corrected chi connectivity index (χ2v) is 7.43. The van der Waals surface area contributed by atoms with Crippen molar-refractivity contribution in [2.75, 3.05) is 6.26 Å². The smallest absolute Gasteiger partial charge is 0.236 e. The molecule has 0 N–H and O–H groups in total. The van der Waals surface area contributed by atoms with Crippen molar-refractivity contribution in [3.8, 4) is 0 Å². The predicted octanol–water partition coefficient (Wildman–Crippen LogP) is 4.02. The minimum Gasteiger partial charge on any atom is -0.236 e. The van der Waals surface area contributed by atoms with Crippen LogP contribution in [0.4, 0.5) is 19.0 Å². The van der Waals surface area contributed by atoms with Crippen molar-refractivity contribution in [1.29, 1.82) is 0 Å². The third-order valence-corrected chi connectivity index (χ3v) is 4.58. The zero-order chi connectivity index (χ0) is 17.3. The lowest BCUT2D eigenvalue weighted by Crippen LogP contribution is -2.09. The first-order valence-corrected chi connectivity index (χ1v) is 8.83. The SMILES string of the molecule is CS(=O)(=O)c1cc(C(F)(F)F)ccc1/C=N/c1ncccc1Br. The Bertz CT molecular complexity index is 865. The summed E-state index contributed by atoms with van der Waals surface area (Å²) in [5.41, 5.74) is -0.979. The molecule has 0 saturated heterocycles. The van der Waals surface area contributed by atoms with Crippen LogP contribution in [-0.2, 0) is 16.0 Å². The zero-order valence-electron chi connectivity index (χ0n) is 11.7. The summed E-state index contributed by atoms with van der Waals surface area (Å²) in [6.45, 7) is 0. The molecular weight excluding hydrogens is 397 g/mol. The first-order valence-electron chi connectivity index (χ1n) is 6.15. The molecule has 1 aromatic heterocycles. The second kappa shape index (κ2) is 6.40. The number of pyridine rings is 1. The molecule has 0 bridgehead atoms. The first-order chi connectivity index (χ1) is 10.6. The molecule has 0 radical (unpaired) electrons. The van der Waals surface area contributed by atoms with Crippen LogP contribution in [0.3, 0.4) is 0 Å². The fourth-order valence-corrected chi connectivity index (χ4v) is 2.99. The van der Waals surface area contributed by atoms with Crippen molar-refractivity contribution in [3.05, 3.63) is 52.1 Å². The van der Waals surface area contributed by atoms with E-state index in [1.807, 2.05) is 0 Å². The molecule has 9 heteroatoms. The maximum atomic E-state index is 12.7. The molecule has 1 aromatic carbocycles. The van der Waals surface area contributed by atoms with Gasteiger partial charge in [-0.1, -0.05) is 6.07 Å². The average molecular weight is 407 g/mol. The maximum absolute atomic E-state index is 12.7. The van der Waals surface area contributed by atoms with Crippen LogP contribution in [0.25, 0.3) is 0 Å². The van der Waals surface area contributed by atoms with E-state index in [0.717, 1.165) is 18.4 Å². The molecule has 0 amide bonds. The van der Waals surface area contributed by atoms with E-state index < -0.39 is 26.5 Å². The van der Waals surface area contributed by atoms with Gasteiger partial charge in [0, 0.05) is 24.2 Å². The molecule has 1 heterocycles. The van der Waals surface area contributed by atoms with Gasteiger partial charge in [-0.15, -0.1) is 0 Å². The normalized spacial score (nSPS) is 12.7. The molecule has 0 aliphatic rings. The van der Waals surface area contributed by atoms with Gasteiger partial charge in [-0.25, -0.2) is 18.4 Å². The van der Waals surface area contributed by atoms with Crippen LogP contribution < -0.4 is 0 Å². The summed E-state index contributed by atoms with van der Waals surface area (Å²) in [6, 6.07) is 5.83. The minimum absolute atomic E-state index is 0.0538. The van der Waals surface area contributed by atoms with Crippen molar-refractivity contribution in [1.82, 2.24) is 4.98 Å². The number of halogens is 4. The van der Waals surface area contributed by atoms with E-state index in [2.05, 4.69) is 25.9 Å². The number of benzene rings is 1. The molecule has 0 atom stereocenters. The van der Waals surface area contributed by atoms with Crippen molar-refractivity contribution >= 4 is 37.8 Å². The summed E-state index contributed by atoms with van der Waals surface area (Å²) >= 11 is 3.22. The lowest BCUT2D eigenvalue weighted by molar-refractivity contribution is -0.137. The van der Waals surface area contributed by atoms with Crippen molar-refractivity contribution < 1.29 is 21.6 Å². The standard InChI is InChI=1S/C14H10BrF3N2O2S/c1-23(21,22)12-7-10(14(16,17)18)5-4-9(12)8-20-13-11(15)3-2-6-19-13/h2-8H,1H3/b20-8+. The molecule has 2 aromatic rings. The molecular formula is C14H10BrF3N2O2S. The number of aliphatic imine (C=N–C) groups is 1. The summed E-state index contributed by atoms with van der Waals surface area (Å²) in [5.74, 6) is 0.284. The Morgan fingerprint density at radius 3 is 2.52 bits per heavy atom. The summed E-state index contributed by atoms with van der Waals surface area (Å²) in [7, 11) is -3.85. The van der Waals surface area contributed by atoms with Crippen LogP contribution >= 0.6 is 15.9 Å². The molecule has 0 aliphatic heterocycles. The summed E-state index contributed by atoms with van der Waals surface area (Å²) in [5, 5.41) is 0. The Morgan fingerprint density at radius 1 is 1.26 bits per heavy atom. The minimum atomic E-state index is -4.63. The van der Waals surface area contributed by atoms with E-state index in [9.17, 15) is 21.6 Å². The second-order valence-electron chi connectivity index (χ2n) is 4.59. The van der Waals surface area contributed by atoms with Gasteiger partial charge in [0.05, 0.1) is 14.9 Å². The van der Waals surface area contributed by atoms with E-state index in [0.29, 0.717) is 10.5 Å². The first kappa shape index (κ1) is 17.6. The molecule has 2 rings (SSSR count). The van der Waals surface area contributed by atoms with Crippen molar-refractivity contribution in [3.63, 3.8) is 0 Å². The van der Waals surface area contributed by atoms with Gasteiger partial charge >= 0.3 is 6.18 Å². The van der Waals surface area contributed by atoms with Gasteiger partial charge in [0.1, 0.15) is 0 Å². The summed E-state index contributed by atoms with van der Waals surface area (Å²) < 4.78 is 62.3. The van der Waals surface area contributed by atoms with Crippen LogP contribution in [-0.4, -0.2) is 25.9 Å². The number of alkyl halides is 3. The number of hydrogen-bond donors (Lipinski definition) is 0. The predicted molar refractivity (Wildman–Crippen MR) is 83.7 cm³/mol. The topological polar surface area (TPSA) is 59.4 Å². The van der Waals surface area contributed by atoms with Gasteiger partial charge < -0.3 is 0 Å². The lowest BCUT2D eigenvalue weighted by Gasteiger charge is -2.10.